The average Bonchev–Trinajstić information content (AvgIpc) is 2.85. The summed E-state index contributed by atoms with van der Waals surface area (Å²) in [6, 6.07) is 7.54. The maximum absolute atomic E-state index is 11.4. The number of aromatic nitrogens is 3. The first-order valence-corrected chi connectivity index (χ1v) is 6.55. The number of hydrogen-bond donors (Lipinski definition) is 1. The number of methoxy groups -OCH3 is 1. The molecule has 20 heavy (non-hydrogen) atoms. The molecule has 104 valence electrons. The summed E-state index contributed by atoms with van der Waals surface area (Å²) in [5.41, 5.74) is 7.38. The summed E-state index contributed by atoms with van der Waals surface area (Å²) in [5.74, 6) is 1.34. The lowest BCUT2D eigenvalue weighted by atomic mass is 9.91. The van der Waals surface area contributed by atoms with E-state index in [0.717, 1.165) is 25.2 Å². The van der Waals surface area contributed by atoms with Crippen LogP contribution in [-0.2, 0) is 17.7 Å². The van der Waals surface area contributed by atoms with E-state index in [9.17, 15) is 4.79 Å². The number of benzene rings is 1. The lowest BCUT2D eigenvalue weighted by Gasteiger charge is -2.22. The van der Waals surface area contributed by atoms with Gasteiger partial charge in [0.1, 0.15) is 5.82 Å². The average molecular weight is 272 g/mol. The quantitative estimate of drug-likeness (QED) is 0.835. The summed E-state index contributed by atoms with van der Waals surface area (Å²) < 4.78 is 6.57. The van der Waals surface area contributed by atoms with Crippen molar-refractivity contribution in [1.29, 1.82) is 0 Å². The molecule has 1 atom stereocenters. The number of nitrogen functional groups attached to an aromatic ring is 1. The molecule has 1 aliphatic rings. The fraction of sp³-hybridized carbons (Fsp3) is 0.357. The zero-order valence-electron chi connectivity index (χ0n) is 11.2. The van der Waals surface area contributed by atoms with Gasteiger partial charge in [-0.05, 0) is 24.1 Å². The third kappa shape index (κ3) is 2.24. The highest BCUT2D eigenvalue weighted by Crippen LogP contribution is 2.28. The maximum atomic E-state index is 11.4. The Balaban J connectivity index is 1.79. The molecule has 0 radical (unpaired) electrons. The van der Waals surface area contributed by atoms with E-state index >= 15 is 0 Å². The van der Waals surface area contributed by atoms with Gasteiger partial charge in [0.25, 0.3) is 0 Å². The molecular formula is C14H16N4O2. The minimum Gasteiger partial charge on any atom is -0.465 e. The predicted octanol–water partition coefficient (Wildman–Crippen LogP) is 1.38. The van der Waals surface area contributed by atoms with Crippen molar-refractivity contribution in [2.45, 2.75) is 25.3 Å². The number of carbonyl (C=O) groups excluding carboxylic acids is 1. The Hall–Kier alpha value is -2.37. The van der Waals surface area contributed by atoms with Crippen LogP contribution in [0.15, 0.2) is 24.3 Å². The zero-order valence-corrected chi connectivity index (χ0v) is 11.2. The van der Waals surface area contributed by atoms with Gasteiger partial charge in [0, 0.05) is 18.9 Å². The number of anilines is 1. The van der Waals surface area contributed by atoms with Crippen LogP contribution in [-0.4, -0.2) is 27.8 Å². The minimum absolute atomic E-state index is 0.313. The first-order valence-electron chi connectivity index (χ1n) is 6.55. The second kappa shape index (κ2) is 4.96. The molecule has 0 fully saturated rings. The summed E-state index contributed by atoms with van der Waals surface area (Å²) in [6.07, 6.45) is 1.88. The number of carbonyl (C=O) groups is 1. The number of rotatable bonds is 2. The van der Waals surface area contributed by atoms with Gasteiger partial charge in [-0.15, -0.1) is 5.10 Å². The van der Waals surface area contributed by atoms with Crippen molar-refractivity contribution < 1.29 is 9.53 Å². The van der Waals surface area contributed by atoms with Crippen molar-refractivity contribution in [3.63, 3.8) is 0 Å². The molecule has 0 aliphatic carbocycles. The first-order chi connectivity index (χ1) is 9.67. The molecule has 0 spiro atoms. The van der Waals surface area contributed by atoms with Gasteiger partial charge in [0.15, 0.2) is 0 Å². The second-order valence-electron chi connectivity index (χ2n) is 4.92. The maximum Gasteiger partial charge on any atom is 0.337 e. The molecule has 0 bridgehead atoms. The van der Waals surface area contributed by atoms with Crippen LogP contribution >= 0.6 is 0 Å². The highest BCUT2D eigenvalue weighted by Gasteiger charge is 2.22. The third-order valence-electron chi connectivity index (χ3n) is 3.68. The summed E-state index contributed by atoms with van der Waals surface area (Å²) in [6.45, 7) is 0.775. The number of aryl methyl sites for hydroxylation is 1. The van der Waals surface area contributed by atoms with Gasteiger partial charge < -0.3 is 10.5 Å². The molecule has 0 saturated carbocycles. The lowest BCUT2D eigenvalue weighted by Crippen LogP contribution is -2.20. The first kappa shape index (κ1) is 12.7. The summed E-state index contributed by atoms with van der Waals surface area (Å²) in [4.78, 5) is 15.6. The standard InChI is InChI=1S/C14H16N4O2/c1-20-13(19)10-4-2-9(3-5-10)11-6-7-12-16-14(15)17-18(12)8-11/h2-5,11H,6-8H2,1H3,(H2,15,17). The molecule has 1 aliphatic heterocycles. The van der Waals surface area contributed by atoms with E-state index in [1.54, 1.807) is 12.1 Å². The van der Waals surface area contributed by atoms with Gasteiger partial charge in [-0.1, -0.05) is 12.1 Å². The molecule has 2 heterocycles. The topological polar surface area (TPSA) is 83.0 Å². The van der Waals surface area contributed by atoms with E-state index in [1.807, 2.05) is 16.8 Å². The van der Waals surface area contributed by atoms with E-state index in [-0.39, 0.29) is 5.97 Å². The van der Waals surface area contributed by atoms with Crippen LogP contribution < -0.4 is 5.73 Å². The Bertz CT molecular complexity index is 633. The molecule has 6 heteroatoms. The summed E-state index contributed by atoms with van der Waals surface area (Å²) in [7, 11) is 1.38. The van der Waals surface area contributed by atoms with Crippen molar-refractivity contribution in [2.24, 2.45) is 0 Å². The van der Waals surface area contributed by atoms with Crippen molar-refractivity contribution in [1.82, 2.24) is 14.8 Å². The molecule has 1 aromatic heterocycles. The molecule has 2 N–H and O–H groups in total. The molecule has 1 unspecified atom stereocenters. The number of nitrogens with zero attached hydrogens (tertiary/aromatic N) is 3. The van der Waals surface area contributed by atoms with Gasteiger partial charge >= 0.3 is 5.97 Å². The van der Waals surface area contributed by atoms with Crippen molar-refractivity contribution in [2.75, 3.05) is 12.8 Å². The monoisotopic (exact) mass is 272 g/mol. The van der Waals surface area contributed by atoms with E-state index in [1.165, 1.54) is 12.7 Å². The summed E-state index contributed by atoms with van der Waals surface area (Å²) in [5, 5.41) is 4.20. The number of esters is 1. The van der Waals surface area contributed by atoms with E-state index in [4.69, 9.17) is 10.5 Å². The van der Waals surface area contributed by atoms with Crippen LogP contribution in [0.4, 0.5) is 5.95 Å². The predicted molar refractivity (Wildman–Crippen MR) is 73.3 cm³/mol. The fourth-order valence-corrected chi connectivity index (χ4v) is 2.61. The fourth-order valence-electron chi connectivity index (χ4n) is 2.61. The van der Waals surface area contributed by atoms with Crippen LogP contribution in [0.1, 0.15) is 34.1 Å². The molecular weight excluding hydrogens is 256 g/mol. The molecule has 6 nitrogen and oxygen atoms in total. The number of fused-ring (bicyclic) bond motifs is 1. The van der Waals surface area contributed by atoms with Gasteiger partial charge in [0.2, 0.25) is 5.95 Å². The van der Waals surface area contributed by atoms with E-state index in [0.29, 0.717) is 17.4 Å². The number of ether oxygens (including phenoxy) is 1. The third-order valence-corrected chi connectivity index (χ3v) is 3.68. The number of hydrogen-bond acceptors (Lipinski definition) is 5. The van der Waals surface area contributed by atoms with Crippen molar-refractivity contribution in [3.8, 4) is 0 Å². The van der Waals surface area contributed by atoms with E-state index < -0.39 is 0 Å². The van der Waals surface area contributed by atoms with Gasteiger partial charge in [-0.2, -0.15) is 4.98 Å². The van der Waals surface area contributed by atoms with Crippen LogP contribution in [0.25, 0.3) is 0 Å². The van der Waals surface area contributed by atoms with Gasteiger partial charge in [0.05, 0.1) is 12.7 Å². The second-order valence-corrected chi connectivity index (χ2v) is 4.92. The van der Waals surface area contributed by atoms with Gasteiger partial charge in [-0.25, -0.2) is 9.48 Å². The highest BCUT2D eigenvalue weighted by molar-refractivity contribution is 5.89. The smallest absolute Gasteiger partial charge is 0.337 e. The van der Waals surface area contributed by atoms with E-state index in [2.05, 4.69) is 10.1 Å². The van der Waals surface area contributed by atoms with Crippen molar-refractivity contribution >= 4 is 11.9 Å². The van der Waals surface area contributed by atoms with Crippen LogP contribution in [0, 0.1) is 0 Å². The highest BCUT2D eigenvalue weighted by atomic mass is 16.5. The minimum atomic E-state index is -0.313. The Morgan fingerprint density at radius 2 is 2.15 bits per heavy atom. The normalized spacial score (nSPS) is 17.6. The molecule has 0 saturated heterocycles. The van der Waals surface area contributed by atoms with Gasteiger partial charge in [-0.3, -0.25) is 0 Å². The Morgan fingerprint density at radius 3 is 2.85 bits per heavy atom. The largest absolute Gasteiger partial charge is 0.465 e. The Labute approximate surface area is 116 Å². The molecule has 2 aromatic rings. The Kier molecular flexibility index (Phi) is 3.14. The zero-order chi connectivity index (χ0) is 14.1. The molecule has 1 aromatic carbocycles. The Morgan fingerprint density at radius 1 is 1.40 bits per heavy atom. The van der Waals surface area contributed by atoms with Crippen LogP contribution in [0.5, 0.6) is 0 Å². The molecule has 3 rings (SSSR count). The van der Waals surface area contributed by atoms with Crippen LogP contribution in [0.2, 0.25) is 0 Å². The number of nitrogens with two attached hydrogens (primary N) is 1. The van der Waals surface area contributed by atoms with Crippen LogP contribution in [0.3, 0.4) is 0 Å². The lowest BCUT2D eigenvalue weighted by molar-refractivity contribution is 0.0600. The molecule has 0 amide bonds. The van der Waals surface area contributed by atoms with Crippen molar-refractivity contribution in [3.05, 3.63) is 41.2 Å². The SMILES string of the molecule is COC(=O)c1ccc(C2CCc3nc(N)nn3C2)cc1. The summed E-state index contributed by atoms with van der Waals surface area (Å²) >= 11 is 0.